The first kappa shape index (κ1) is 15.5. The molecule has 2 nitrogen and oxygen atoms in total. The Morgan fingerprint density at radius 2 is 1.70 bits per heavy atom. The van der Waals surface area contributed by atoms with Gasteiger partial charge in [0.2, 0.25) is 0 Å². The summed E-state index contributed by atoms with van der Waals surface area (Å²) in [5, 5.41) is 0. The van der Waals surface area contributed by atoms with Gasteiger partial charge in [0.1, 0.15) is 0 Å². The van der Waals surface area contributed by atoms with Crippen LogP contribution in [0.25, 0.3) is 0 Å². The fraction of sp³-hybridized carbons (Fsp3) is 0.294. The maximum Gasteiger partial charge on any atom is 0.0710 e. The van der Waals surface area contributed by atoms with E-state index >= 15 is 0 Å². The van der Waals surface area contributed by atoms with Gasteiger partial charge < -0.3 is 0 Å². The van der Waals surface area contributed by atoms with E-state index in [0.29, 0.717) is 5.92 Å². The summed E-state index contributed by atoms with van der Waals surface area (Å²) < 4.78 is 1.22. The molecule has 0 fully saturated rings. The number of halogens is 1. The molecule has 1 unspecified atom stereocenters. The van der Waals surface area contributed by atoms with E-state index in [4.69, 9.17) is 5.84 Å². The molecule has 20 heavy (non-hydrogen) atoms. The number of rotatable bonds is 5. The molecule has 2 aromatic carbocycles. The molecule has 0 radical (unpaired) electrons. The lowest BCUT2D eigenvalue weighted by molar-refractivity contribution is 0.627. The van der Waals surface area contributed by atoms with Gasteiger partial charge in [0.05, 0.1) is 6.04 Å². The monoisotopic (exact) mass is 380 g/mol. The number of benzene rings is 2. The summed E-state index contributed by atoms with van der Waals surface area (Å²) in [7, 11) is 0. The first-order valence-corrected chi connectivity index (χ1v) is 7.98. The van der Waals surface area contributed by atoms with Gasteiger partial charge in [0.25, 0.3) is 0 Å². The molecule has 3 N–H and O–H groups in total. The normalized spacial score (nSPS) is 12.7. The van der Waals surface area contributed by atoms with E-state index in [1.807, 2.05) is 0 Å². The third kappa shape index (κ3) is 4.04. The highest BCUT2D eigenvalue weighted by Gasteiger charge is 2.13. The third-order valence-electron chi connectivity index (χ3n) is 3.28. The highest BCUT2D eigenvalue weighted by atomic mass is 127. The predicted molar refractivity (Wildman–Crippen MR) is 93.3 cm³/mol. The molecule has 0 aromatic heterocycles. The Hall–Kier alpha value is -0.910. The lowest BCUT2D eigenvalue weighted by Crippen LogP contribution is -2.29. The molecule has 0 heterocycles. The molecule has 0 saturated carbocycles. The topological polar surface area (TPSA) is 38.0 Å². The molecule has 2 rings (SSSR count). The van der Waals surface area contributed by atoms with E-state index in [9.17, 15) is 0 Å². The summed E-state index contributed by atoms with van der Waals surface area (Å²) in [4.78, 5) is 0. The highest BCUT2D eigenvalue weighted by Crippen LogP contribution is 2.24. The molecule has 0 saturated heterocycles. The number of hydrogen-bond donors (Lipinski definition) is 2. The number of hydrazine groups is 1. The SMILES string of the molecule is CC(C)Cc1cccc(C(NN)c2cccc(I)c2)c1. The molecule has 3 heteroatoms. The second-order valence-corrected chi connectivity index (χ2v) is 6.74. The van der Waals surface area contributed by atoms with E-state index in [0.717, 1.165) is 6.42 Å². The fourth-order valence-corrected chi connectivity index (χ4v) is 3.01. The Labute approximate surface area is 134 Å². The molecule has 0 spiro atoms. The van der Waals surface area contributed by atoms with Crippen LogP contribution in [0.15, 0.2) is 48.5 Å². The van der Waals surface area contributed by atoms with Crippen molar-refractivity contribution in [1.82, 2.24) is 5.43 Å². The van der Waals surface area contributed by atoms with Crippen LogP contribution in [0.3, 0.4) is 0 Å². The van der Waals surface area contributed by atoms with Gasteiger partial charge in [-0.3, -0.25) is 5.84 Å². The molecule has 0 bridgehead atoms. The van der Waals surface area contributed by atoms with Gasteiger partial charge in [-0.25, -0.2) is 5.43 Å². The van der Waals surface area contributed by atoms with Crippen molar-refractivity contribution in [2.24, 2.45) is 11.8 Å². The first-order chi connectivity index (χ1) is 9.60. The minimum atomic E-state index is 0.0387. The molecule has 0 aliphatic rings. The fourth-order valence-electron chi connectivity index (χ4n) is 2.44. The Kier molecular flexibility index (Phi) is 5.57. The molecule has 106 valence electrons. The number of nitrogens with one attached hydrogen (secondary N) is 1. The van der Waals surface area contributed by atoms with E-state index in [1.165, 1.54) is 20.3 Å². The molecule has 1 atom stereocenters. The Bertz CT molecular complexity index is 566. The van der Waals surface area contributed by atoms with Crippen molar-refractivity contribution in [3.63, 3.8) is 0 Å². The van der Waals surface area contributed by atoms with Gasteiger partial charge in [0.15, 0.2) is 0 Å². The zero-order valence-electron chi connectivity index (χ0n) is 11.9. The Morgan fingerprint density at radius 3 is 2.30 bits per heavy atom. The maximum absolute atomic E-state index is 5.79. The van der Waals surface area contributed by atoms with E-state index in [-0.39, 0.29) is 6.04 Å². The van der Waals surface area contributed by atoms with E-state index < -0.39 is 0 Å². The van der Waals surface area contributed by atoms with Crippen molar-refractivity contribution in [3.8, 4) is 0 Å². The number of hydrogen-bond acceptors (Lipinski definition) is 2. The van der Waals surface area contributed by atoms with Crippen molar-refractivity contribution in [2.75, 3.05) is 0 Å². The van der Waals surface area contributed by atoms with Gasteiger partial charge in [0, 0.05) is 3.57 Å². The zero-order chi connectivity index (χ0) is 14.5. The summed E-state index contributed by atoms with van der Waals surface area (Å²) in [5.41, 5.74) is 6.71. The van der Waals surface area contributed by atoms with Crippen LogP contribution in [-0.4, -0.2) is 0 Å². The van der Waals surface area contributed by atoms with Crippen molar-refractivity contribution >= 4 is 22.6 Å². The quantitative estimate of drug-likeness (QED) is 0.467. The maximum atomic E-state index is 5.79. The van der Waals surface area contributed by atoms with Crippen molar-refractivity contribution in [1.29, 1.82) is 0 Å². The summed E-state index contributed by atoms with van der Waals surface area (Å²) >= 11 is 2.33. The van der Waals surface area contributed by atoms with Gasteiger partial charge >= 0.3 is 0 Å². The van der Waals surface area contributed by atoms with E-state index in [2.05, 4.69) is 90.4 Å². The summed E-state index contributed by atoms with van der Waals surface area (Å²) in [5.74, 6) is 6.45. The largest absolute Gasteiger partial charge is 0.271 e. The summed E-state index contributed by atoms with van der Waals surface area (Å²) in [6, 6.07) is 17.2. The molecular weight excluding hydrogens is 359 g/mol. The van der Waals surface area contributed by atoms with Crippen LogP contribution < -0.4 is 11.3 Å². The smallest absolute Gasteiger partial charge is 0.0710 e. The standard InChI is InChI=1S/C17H21IN2/c1-12(2)9-13-5-3-6-14(10-13)17(20-19)15-7-4-8-16(18)11-15/h3-8,10-12,17,20H,9,19H2,1-2H3. The second-order valence-electron chi connectivity index (χ2n) is 5.50. The van der Waals surface area contributed by atoms with Gasteiger partial charge in [-0.15, -0.1) is 0 Å². The van der Waals surface area contributed by atoms with Crippen LogP contribution in [0.1, 0.15) is 36.6 Å². The molecule has 0 aliphatic carbocycles. The van der Waals surface area contributed by atoms with Crippen molar-refractivity contribution in [2.45, 2.75) is 26.3 Å². The Balaban J connectivity index is 2.32. The van der Waals surface area contributed by atoms with Crippen LogP contribution >= 0.6 is 22.6 Å². The minimum absolute atomic E-state index is 0.0387. The number of nitrogens with two attached hydrogens (primary N) is 1. The average Bonchev–Trinajstić information content (AvgIpc) is 2.39. The Morgan fingerprint density at radius 1 is 1.05 bits per heavy atom. The molecule has 0 aliphatic heterocycles. The lowest BCUT2D eigenvalue weighted by Gasteiger charge is -2.18. The van der Waals surface area contributed by atoms with E-state index in [1.54, 1.807) is 0 Å². The van der Waals surface area contributed by atoms with Gasteiger partial charge in [-0.05, 0) is 63.8 Å². The average molecular weight is 380 g/mol. The molecule has 2 aromatic rings. The predicted octanol–water partition coefficient (Wildman–Crippen LogP) is 4.04. The zero-order valence-corrected chi connectivity index (χ0v) is 14.1. The summed E-state index contributed by atoms with van der Waals surface area (Å²) in [6.45, 7) is 4.48. The molecular formula is C17H21IN2. The lowest BCUT2D eigenvalue weighted by atomic mass is 9.95. The molecule has 0 amide bonds. The van der Waals surface area contributed by atoms with Crippen LogP contribution in [0, 0.1) is 9.49 Å². The van der Waals surface area contributed by atoms with Crippen molar-refractivity contribution < 1.29 is 0 Å². The van der Waals surface area contributed by atoms with Crippen LogP contribution in [-0.2, 0) is 6.42 Å². The highest BCUT2D eigenvalue weighted by molar-refractivity contribution is 14.1. The summed E-state index contributed by atoms with van der Waals surface area (Å²) in [6.07, 6.45) is 1.09. The second kappa shape index (κ2) is 7.20. The van der Waals surface area contributed by atoms with Crippen molar-refractivity contribution in [3.05, 3.63) is 68.8 Å². The van der Waals surface area contributed by atoms with Gasteiger partial charge in [-0.1, -0.05) is 50.2 Å². The third-order valence-corrected chi connectivity index (χ3v) is 3.95. The van der Waals surface area contributed by atoms with Crippen LogP contribution in [0.2, 0.25) is 0 Å². The van der Waals surface area contributed by atoms with Crippen LogP contribution in [0.4, 0.5) is 0 Å². The first-order valence-electron chi connectivity index (χ1n) is 6.90. The minimum Gasteiger partial charge on any atom is -0.271 e. The van der Waals surface area contributed by atoms with Crippen LogP contribution in [0.5, 0.6) is 0 Å². The van der Waals surface area contributed by atoms with Gasteiger partial charge in [-0.2, -0.15) is 0 Å².